The van der Waals surface area contributed by atoms with Gasteiger partial charge in [0.05, 0.1) is 0 Å². The Hall–Kier alpha value is 0.270. The maximum Gasteiger partial charge on any atom is 0.122 e. The highest BCUT2D eigenvalue weighted by atomic mass is 31.2. The number of hydrogen-bond donors (Lipinski definition) is 2. The van der Waals surface area contributed by atoms with E-state index in [4.69, 9.17) is 4.89 Å². The summed E-state index contributed by atoms with van der Waals surface area (Å²) >= 11 is 0. The fourth-order valence-corrected chi connectivity index (χ4v) is 0.599. The van der Waals surface area contributed by atoms with E-state index in [0.717, 1.165) is 0 Å². The molecule has 0 saturated heterocycles. The molecule has 0 radical (unpaired) electrons. The van der Waals surface area contributed by atoms with Gasteiger partial charge in [-0.1, -0.05) is 0 Å². The molecule has 0 amide bonds. The van der Waals surface area contributed by atoms with Crippen molar-refractivity contribution in [1.82, 2.24) is 5.09 Å². The predicted molar refractivity (Wildman–Crippen MR) is 22.8 cm³/mol. The van der Waals surface area contributed by atoms with Crippen LogP contribution in [0.1, 0.15) is 6.92 Å². The molecule has 0 atom stereocenters. The van der Waals surface area contributed by atoms with Gasteiger partial charge in [-0.15, -0.1) is 0 Å². The molecule has 4 nitrogen and oxygen atoms in total. The Morgan fingerprint density at radius 3 is 2.14 bits per heavy atom. The topological polar surface area (TPSA) is 78.4 Å². The Morgan fingerprint density at radius 1 is 1.71 bits per heavy atom. The van der Waals surface area contributed by atoms with E-state index >= 15 is 0 Å². The van der Waals surface area contributed by atoms with Gasteiger partial charge in [0.25, 0.3) is 0 Å². The second-order valence-corrected chi connectivity index (χ2v) is 2.39. The minimum atomic E-state index is -4.17. The normalized spacial score (nSPS) is 12.0. The third-order valence-electron chi connectivity index (χ3n) is 0.358. The van der Waals surface area contributed by atoms with Crippen LogP contribution in [0.15, 0.2) is 0 Å². The summed E-state index contributed by atoms with van der Waals surface area (Å²) in [5.74, 6) is 0. The SMILES string of the molecule is CCN[P+]([O-])([O-])O. The quantitative estimate of drug-likeness (QED) is 0.417. The smallest absolute Gasteiger partial charge is 0.122 e. The molecule has 0 aromatic rings. The Balaban J connectivity index is 3.15. The molecule has 5 heteroatoms. The summed E-state index contributed by atoms with van der Waals surface area (Å²) in [5.41, 5.74) is 0. The first-order chi connectivity index (χ1) is 3.06. The molecule has 0 fully saturated rings. The lowest BCUT2D eigenvalue weighted by atomic mass is 10.8. The first-order valence-electron chi connectivity index (χ1n) is 1.85. The lowest BCUT2D eigenvalue weighted by Crippen LogP contribution is -2.33. The van der Waals surface area contributed by atoms with Gasteiger partial charge in [0.1, 0.15) is 8.09 Å². The second kappa shape index (κ2) is 2.55. The van der Waals surface area contributed by atoms with E-state index in [1.54, 1.807) is 6.92 Å². The zero-order valence-electron chi connectivity index (χ0n) is 3.92. The highest BCUT2D eigenvalue weighted by Crippen LogP contribution is 2.25. The van der Waals surface area contributed by atoms with E-state index in [9.17, 15) is 9.79 Å². The van der Waals surface area contributed by atoms with E-state index in [1.807, 2.05) is 5.09 Å². The molecule has 0 aliphatic rings. The van der Waals surface area contributed by atoms with E-state index < -0.39 is 8.09 Å². The van der Waals surface area contributed by atoms with Gasteiger partial charge in [-0.05, 0) is 6.92 Å². The molecule has 0 bridgehead atoms. The largest absolute Gasteiger partial charge is 0.645 e. The number of rotatable bonds is 2. The van der Waals surface area contributed by atoms with Gasteiger partial charge in [0.15, 0.2) is 0 Å². The van der Waals surface area contributed by atoms with Crippen LogP contribution in [0.25, 0.3) is 0 Å². The van der Waals surface area contributed by atoms with Crippen LogP contribution in [-0.2, 0) is 0 Å². The van der Waals surface area contributed by atoms with Crippen LogP contribution in [0.3, 0.4) is 0 Å². The summed E-state index contributed by atoms with van der Waals surface area (Å²) in [6.07, 6.45) is 0. The van der Waals surface area contributed by atoms with Crippen molar-refractivity contribution in [2.45, 2.75) is 6.92 Å². The molecule has 0 rings (SSSR count). The molecule has 0 aliphatic heterocycles. The first-order valence-corrected chi connectivity index (χ1v) is 3.43. The van der Waals surface area contributed by atoms with Crippen molar-refractivity contribution >= 4 is 8.09 Å². The third-order valence-corrected chi connectivity index (χ3v) is 1.07. The maximum absolute atomic E-state index is 9.70. The Bertz CT molecular complexity index is 51.4. The average Bonchev–Trinajstić information content (AvgIpc) is 1.30. The molecule has 0 spiro atoms. The van der Waals surface area contributed by atoms with Crippen LogP contribution in [0.5, 0.6) is 0 Å². The summed E-state index contributed by atoms with van der Waals surface area (Å²) in [5, 5.41) is 1.84. The number of hydrogen-bond acceptors (Lipinski definition) is 4. The van der Waals surface area contributed by atoms with Gasteiger partial charge in [-0.25, -0.2) is 4.89 Å². The average molecular weight is 124 g/mol. The molecule has 2 N–H and O–H groups in total. The van der Waals surface area contributed by atoms with Crippen molar-refractivity contribution in [2.75, 3.05) is 6.54 Å². The molecule has 7 heavy (non-hydrogen) atoms. The molecule has 0 unspecified atom stereocenters. The lowest BCUT2D eigenvalue weighted by molar-refractivity contribution is -0.336. The van der Waals surface area contributed by atoms with Crippen molar-refractivity contribution in [1.29, 1.82) is 0 Å². The van der Waals surface area contributed by atoms with Crippen molar-refractivity contribution in [3.63, 3.8) is 0 Å². The zero-order chi connectivity index (χ0) is 5.91. The zero-order valence-corrected chi connectivity index (χ0v) is 4.81. The highest BCUT2D eigenvalue weighted by Gasteiger charge is 2.00. The lowest BCUT2D eigenvalue weighted by Gasteiger charge is -2.26. The van der Waals surface area contributed by atoms with Crippen molar-refractivity contribution in [3.05, 3.63) is 0 Å². The molecular weight excluding hydrogens is 117 g/mol. The Labute approximate surface area is 42.4 Å². The van der Waals surface area contributed by atoms with Gasteiger partial charge in [-0.3, -0.25) is 0 Å². The van der Waals surface area contributed by atoms with Crippen molar-refractivity contribution in [3.8, 4) is 0 Å². The molecule has 0 heterocycles. The van der Waals surface area contributed by atoms with Gasteiger partial charge < -0.3 is 9.79 Å². The van der Waals surface area contributed by atoms with Crippen LogP contribution >= 0.6 is 8.09 Å². The summed E-state index contributed by atoms with van der Waals surface area (Å²) < 4.78 is 0. The van der Waals surface area contributed by atoms with E-state index in [-0.39, 0.29) is 6.54 Å². The van der Waals surface area contributed by atoms with Crippen LogP contribution in [-0.4, -0.2) is 11.4 Å². The second-order valence-electron chi connectivity index (χ2n) is 1.03. The summed E-state index contributed by atoms with van der Waals surface area (Å²) in [6, 6.07) is 0. The minimum absolute atomic E-state index is 0.233. The van der Waals surface area contributed by atoms with E-state index in [0.29, 0.717) is 0 Å². The van der Waals surface area contributed by atoms with Gasteiger partial charge >= 0.3 is 0 Å². The van der Waals surface area contributed by atoms with E-state index in [2.05, 4.69) is 0 Å². The van der Waals surface area contributed by atoms with Crippen LogP contribution in [0.2, 0.25) is 0 Å². The molecule has 0 aliphatic carbocycles. The standard InChI is InChI=1S/C2H8NO3P/c1-2-3-7(4,5)6/h2H2,1H3,(H3,3,4,5,6)/p-1. The molecule has 0 aromatic carbocycles. The van der Waals surface area contributed by atoms with Gasteiger partial charge in [-0.2, -0.15) is 5.09 Å². The van der Waals surface area contributed by atoms with Crippen LogP contribution in [0, 0.1) is 0 Å². The Kier molecular flexibility index (Phi) is 2.64. The predicted octanol–water partition coefficient (Wildman–Crippen LogP) is -2.01. The van der Waals surface area contributed by atoms with Crippen LogP contribution < -0.4 is 14.9 Å². The number of nitrogens with one attached hydrogen (secondary N) is 1. The van der Waals surface area contributed by atoms with Crippen molar-refractivity contribution < 1.29 is 14.7 Å². The fraction of sp³-hybridized carbons (Fsp3) is 1.00. The van der Waals surface area contributed by atoms with E-state index in [1.165, 1.54) is 0 Å². The Morgan fingerprint density at radius 2 is 2.14 bits per heavy atom. The molecule has 0 aromatic heterocycles. The first kappa shape index (κ1) is 7.27. The third kappa shape index (κ3) is 6.27. The monoisotopic (exact) mass is 124 g/mol. The molecule has 0 saturated carbocycles. The summed E-state index contributed by atoms with van der Waals surface area (Å²) in [4.78, 5) is 27.3. The van der Waals surface area contributed by atoms with Crippen LogP contribution in [0.4, 0.5) is 0 Å². The summed E-state index contributed by atoms with van der Waals surface area (Å²) in [6.45, 7) is 1.82. The molecular formula is C2H7NO3P-. The highest BCUT2D eigenvalue weighted by molar-refractivity contribution is 7.53. The summed E-state index contributed by atoms with van der Waals surface area (Å²) in [7, 11) is -4.17. The van der Waals surface area contributed by atoms with Crippen molar-refractivity contribution in [2.24, 2.45) is 0 Å². The maximum atomic E-state index is 9.70. The van der Waals surface area contributed by atoms with Gasteiger partial charge in [0.2, 0.25) is 0 Å². The minimum Gasteiger partial charge on any atom is -0.645 e. The fourth-order valence-electron chi connectivity index (χ4n) is 0.200. The molecule has 44 valence electrons. The van der Waals surface area contributed by atoms with Gasteiger partial charge in [0, 0.05) is 6.54 Å².